The summed E-state index contributed by atoms with van der Waals surface area (Å²) in [6, 6.07) is 10.5. The number of piperidine rings is 1. The molecule has 2 saturated heterocycles. The van der Waals surface area contributed by atoms with Crippen LogP contribution in [0.4, 0.5) is 0 Å². The van der Waals surface area contributed by atoms with Crippen LogP contribution >= 0.6 is 0 Å². The van der Waals surface area contributed by atoms with Gasteiger partial charge in [0.15, 0.2) is 0 Å². The summed E-state index contributed by atoms with van der Waals surface area (Å²) in [5.74, 6) is 0.538. The van der Waals surface area contributed by atoms with E-state index in [-0.39, 0.29) is 28.5 Å². The molecule has 1 aromatic rings. The number of carbonyl (C=O) groups excluding carboxylic acids is 1. The topological polar surface area (TPSA) is 38.8 Å². The second kappa shape index (κ2) is 8.16. The Labute approximate surface area is 170 Å². The molecule has 1 atom stereocenters. The summed E-state index contributed by atoms with van der Waals surface area (Å²) in [4.78, 5) is 15.8. The number of hydrogen-bond acceptors (Lipinski definition) is 3. The van der Waals surface area contributed by atoms with Crippen LogP contribution in [0.3, 0.4) is 0 Å². The van der Waals surface area contributed by atoms with Crippen molar-refractivity contribution in [2.24, 2.45) is 0 Å². The minimum atomic E-state index is -0.265. The smallest absolute Gasteiger partial charge is 0.224 e. The van der Waals surface area contributed by atoms with Gasteiger partial charge in [0.25, 0.3) is 0 Å². The van der Waals surface area contributed by atoms with Crippen molar-refractivity contribution >= 4 is 5.91 Å². The first kappa shape index (κ1) is 21.3. The summed E-state index contributed by atoms with van der Waals surface area (Å²) in [7, 11) is 0. The molecule has 0 bridgehead atoms. The number of hydrogen-bond donors (Lipinski definition) is 0. The van der Waals surface area contributed by atoms with E-state index in [9.17, 15) is 4.79 Å². The van der Waals surface area contributed by atoms with Crippen molar-refractivity contribution in [1.29, 1.82) is 0 Å². The molecule has 2 heterocycles. The first-order valence-corrected chi connectivity index (χ1v) is 10.8. The van der Waals surface area contributed by atoms with Gasteiger partial charge in [0, 0.05) is 30.3 Å². The summed E-state index contributed by atoms with van der Waals surface area (Å²) in [5.41, 5.74) is 0.489. The highest BCUT2D eigenvalue weighted by molar-refractivity contribution is 5.79. The molecule has 1 unspecified atom stereocenters. The van der Waals surface area contributed by atoms with Crippen molar-refractivity contribution in [1.82, 2.24) is 4.90 Å². The quantitative estimate of drug-likeness (QED) is 0.667. The maximum Gasteiger partial charge on any atom is 0.224 e. The van der Waals surface area contributed by atoms with Crippen LogP contribution in [0, 0.1) is 0 Å². The van der Waals surface area contributed by atoms with E-state index in [0.717, 1.165) is 32.1 Å². The lowest BCUT2D eigenvalue weighted by atomic mass is 9.70. The normalized spacial score (nSPS) is 23.7. The van der Waals surface area contributed by atoms with Crippen LogP contribution in [0.25, 0.3) is 0 Å². The predicted molar refractivity (Wildman–Crippen MR) is 112 cm³/mol. The first-order chi connectivity index (χ1) is 13.2. The molecule has 0 aromatic heterocycles. The summed E-state index contributed by atoms with van der Waals surface area (Å²) < 4.78 is 11.6. The van der Waals surface area contributed by atoms with Crippen LogP contribution in [-0.2, 0) is 14.3 Å². The fourth-order valence-electron chi connectivity index (χ4n) is 5.80. The molecule has 156 valence electrons. The van der Waals surface area contributed by atoms with Crippen molar-refractivity contribution in [2.45, 2.75) is 95.7 Å². The number of unbranched alkanes of at least 4 members (excludes halogenated alkanes) is 1. The molecule has 1 aromatic carbocycles. The van der Waals surface area contributed by atoms with Gasteiger partial charge in [-0.25, -0.2) is 0 Å². The van der Waals surface area contributed by atoms with Crippen molar-refractivity contribution in [3.8, 4) is 0 Å². The summed E-state index contributed by atoms with van der Waals surface area (Å²) >= 11 is 0. The molecule has 4 nitrogen and oxygen atoms in total. The zero-order chi connectivity index (χ0) is 20.4. The zero-order valence-electron chi connectivity index (χ0n) is 18.3. The number of carbonyl (C=O) groups is 1. The number of nitrogens with zero attached hydrogens (tertiary/aromatic N) is 1. The molecule has 3 rings (SSSR count). The van der Waals surface area contributed by atoms with E-state index in [1.165, 1.54) is 5.56 Å². The van der Waals surface area contributed by atoms with Crippen molar-refractivity contribution in [3.05, 3.63) is 35.9 Å². The second-order valence-corrected chi connectivity index (χ2v) is 9.96. The summed E-state index contributed by atoms with van der Waals surface area (Å²) in [6.45, 7) is 11.9. The van der Waals surface area contributed by atoms with Gasteiger partial charge in [-0.05, 0) is 45.6 Å². The summed E-state index contributed by atoms with van der Waals surface area (Å²) in [5, 5.41) is 0. The second-order valence-electron chi connectivity index (χ2n) is 9.96. The van der Waals surface area contributed by atoms with E-state index in [2.05, 4.69) is 63.8 Å². The third kappa shape index (κ3) is 4.44. The Morgan fingerprint density at radius 3 is 2.29 bits per heavy atom. The molecule has 1 amide bonds. The minimum Gasteiger partial charge on any atom is -0.352 e. The van der Waals surface area contributed by atoms with E-state index in [1.807, 2.05) is 6.07 Å². The van der Waals surface area contributed by atoms with Crippen molar-refractivity contribution < 1.29 is 14.3 Å². The van der Waals surface area contributed by atoms with Crippen LogP contribution in [0.2, 0.25) is 0 Å². The Hall–Kier alpha value is -1.39. The molecule has 1 spiro atoms. The predicted octanol–water partition coefficient (Wildman–Crippen LogP) is 5.27. The Kier molecular flexibility index (Phi) is 6.21. The Bertz CT molecular complexity index is 642. The van der Waals surface area contributed by atoms with Crippen LogP contribution in [0.5, 0.6) is 0 Å². The molecule has 4 heteroatoms. The molecule has 0 N–H and O–H groups in total. The Balaban J connectivity index is 1.81. The average molecular weight is 388 g/mol. The lowest BCUT2D eigenvalue weighted by Crippen LogP contribution is -2.67. The van der Waals surface area contributed by atoms with Gasteiger partial charge in [-0.15, -0.1) is 0 Å². The fraction of sp³-hybridized carbons (Fsp3) is 0.708. The number of amides is 1. The van der Waals surface area contributed by atoms with Crippen molar-refractivity contribution in [2.75, 3.05) is 13.4 Å². The standard InChI is InChI=1S/C24H37NO3/c1-6-7-11-20(19-12-9-8-10-13-19)14-21(26)25-22(2,3)15-24(16-23(25,4)5)17-27-18-28-24/h8-10,12-13,20H,6-7,11,14-18H2,1-5H3. The molecular weight excluding hydrogens is 350 g/mol. The van der Waals surface area contributed by atoms with Crippen molar-refractivity contribution in [3.63, 3.8) is 0 Å². The van der Waals surface area contributed by atoms with Crippen LogP contribution in [0.1, 0.15) is 84.6 Å². The van der Waals surface area contributed by atoms with E-state index in [1.54, 1.807) is 0 Å². The maximum absolute atomic E-state index is 13.6. The van der Waals surface area contributed by atoms with Gasteiger partial charge in [-0.3, -0.25) is 4.79 Å². The van der Waals surface area contributed by atoms with E-state index in [0.29, 0.717) is 19.8 Å². The monoisotopic (exact) mass is 387 g/mol. The van der Waals surface area contributed by atoms with Gasteiger partial charge < -0.3 is 14.4 Å². The lowest BCUT2D eigenvalue weighted by Gasteiger charge is -2.58. The van der Waals surface area contributed by atoms with Crippen LogP contribution < -0.4 is 0 Å². The van der Waals surface area contributed by atoms with Gasteiger partial charge in [0.1, 0.15) is 6.79 Å². The highest BCUT2D eigenvalue weighted by atomic mass is 16.7. The number of likely N-dealkylation sites (tertiary alicyclic amines) is 1. The van der Waals surface area contributed by atoms with Gasteiger partial charge in [0.05, 0.1) is 12.2 Å². The van der Waals surface area contributed by atoms with Gasteiger partial charge in [-0.2, -0.15) is 0 Å². The number of ether oxygens (including phenoxy) is 2. The number of benzene rings is 1. The molecule has 0 saturated carbocycles. The third-order valence-corrected chi connectivity index (χ3v) is 6.38. The molecule has 28 heavy (non-hydrogen) atoms. The molecule has 0 radical (unpaired) electrons. The molecule has 2 aliphatic rings. The van der Waals surface area contributed by atoms with Crippen LogP contribution in [0.15, 0.2) is 30.3 Å². The molecule has 2 fully saturated rings. The van der Waals surface area contributed by atoms with Gasteiger partial charge in [-0.1, -0.05) is 50.1 Å². The molecular formula is C24H37NO3. The highest BCUT2D eigenvalue weighted by Crippen LogP contribution is 2.47. The van der Waals surface area contributed by atoms with Crippen LogP contribution in [-0.4, -0.2) is 40.9 Å². The Morgan fingerprint density at radius 1 is 1.11 bits per heavy atom. The third-order valence-electron chi connectivity index (χ3n) is 6.38. The highest BCUT2D eigenvalue weighted by Gasteiger charge is 2.56. The zero-order valence-corrected chi connectivity index (χ0v) is 18.3. The molecule has 0 aliphatic carbocycles. The first-order valence-electron chi connectivity index (χ1n) is 10.8. The maximum atomic E-state index is 13.6. The average Bonchev–Trinajstić information content (AvgIpc) is 3.03. The number of rotatable bonds is 6. The Morgan fingerprint density at radius 2 is 1.75 bits per heavy atom. The van der Waals surface area contributed by atoms with Gasteiger partial charge in [0.2, 0.25) is 5.91 Å². The molecule has 2 aliphatic heterocycles. The van der Waals surface area contributed by atoms with E-state index < -0.39 is 0 Å². The van der Waals surface area contributed by atoms with Gasteiger partial charge >= 0.3 is 0 Å². The largest absolute Gasteiger partial charge is 0.352 e. The van der Waals surface area contributed by atoms with E-state index in [4.69, 9.17) is 9.47 Å². The lowest BCUT2D eigenvalue weighted by molar-refractivity contribution is -0.168. The SMILES string of the molecule is CCCCC(CC(=O)N1C(C)(C)CC2(COCO2)CC1(C)C)c1ccccc1. The van der Waals surface area contributed by atoms with E-state index >= 15 is 0 Å². The minimum absolute atomic E-state index is 0.258. The summed E-state index contributed by atoms with van der Waals surface area (Å²) in [6.07, 6.45) is 5.56. The fourth-order valence-corrected chi connectivity index (χ4v) is 5.80.